The number of rotatable bonds is 10. The molecule has 7 atom stereocenters. The smallest absolute Gasteiger partial charge is 0.405 e. The van der Waals surface area contributed by atoms with Crippen molar-refractivity contribution in [2.75, 3.05) is 30.8 Å². The number of anilines is 1. The van der Waals surface area contributed by atoms with Gasteiger partial charge >= 0.3 is 6.09 Å². The zero-order chi connectivity index (χ0) is 33.0. The van der Waals surface area contributed by atoms with E-state index >= 15 is 4.39 Å². The van der Waals surface area contributed by atoms with E-state index in [2.05, 4.69) is 29.8 Å². The highest BCUT2D eigenvalue weighted by Gasteiger charge is 2.41. The number of carbonyl (C=O) groups excluding carboxylic acids is 1. The van der Waals surface area contributed by atoms with Gasteiger partial charge in [-0.05, 0) is 80.2 Å². The van der Waals surface area contributed by atoms with Crippen molar-refractivity contribution in [2.45, 2.75) is 82.5 Å². The summed E-state index contributed by atoms with van der Waals surface area (Å²) in [4.78, 5) is 26.2. The lowest BCUT2D eigenvalue weighted by Gasteiger charge is -2.39. The van der Waals surface area contributed by atoms with Crippen molar-refractivity contribution in [3.8, 4) is 0 Å². The number of nitrogens with zero attached hydrogens (tertiary/aromatic N) is 1. The highest BCUT2D eigenvalue weighted by Crippen LogP contribution is 2.39. The highest BCUT2D eigenvalue weighted by molar-refractivity contribution is 7.89. The summed E-state index contributed by atoms with van der Waals surface area (Å²) in [5, 5.41) is 19.1. The maximum absolute atomic E-state index is 15.4. The number of piperazine rings is 1. The Morgan fingerprint density at radius 1 is 1.17 bits per heavy atom. The maximum atomic E-state index is 15.4. The van der Waals surface area contributed by atoms with E-state index in [1.807, 2.05) is 12.1 Å². The molecule has 2 aromatic rings. The number of benzene rings is 2. The molecule has 0 aromatic heterocycles. The second kappa shape index (κ2) is 15.0. The Kier molecular flexibility index (Phi) is 11.3. The molecule has 252 valence electrons. The molecular formula is C33H44ClFN4O6S. The van der Waals surface area contributed by atoms with Crippen molar-refractivity contribution in [1.82, 2.24) is 14.9 Å². The molecular weight excluding hydrogens is 635 g/mol. The molecule has 5 unspecified atom stereocenters. The molecule has 2 amide bonds. The van der Waals surface area contributed by atoms with Crippen LogP contribution in [-0.2, 0) is 26.0 Å². The van der Waals surface area contributed by atoms with Crippen LogP contribution in [0.5, 0.6) is 0 Å². The van der Waals surface area contributed by atoms with Crippen molar-refractivity contribution in [3.63, 3.8) is 0 Å². The number of hydrogen-bond acceptors (Lipinski definition) is 6. The molecule has 5 rings (SSSR count). The highest BCUT2D eigenvalue weighted by atomic mass is 35.5. The minimum absolute atomic E-state index is 0.0468. The molecule has 0 aliphatic carbocycles. The summed E-state index contributed by atoms with van der Waals surface area (Å²) >= 11 is 6.19. The summed E-state index contributed by atoms with van der Waals surface area (Å²) < 4.78 is 48.8. The number of nitrogens with one attached hydrogen (secondary N) is 3. The third kappa shape index (κ3) is 8.20. The molecule has 3 aliphatic rings. The molecule has 2 aromatic carbocycles. The molecule has 2 bridgehead atoms. The summed E-state index contributed by atoms with van der Waals surface area (Å²) in [7, 11) is -3.42. The van der Waals surface area contributed by atoms with Gasteiger partial charge < -0.3 is 25.8 Å². The number of ether oxygens (including phenoxy) is 1. The lowest BCUT2D eigenvalue weighted by atomic mass is 9.74. The fraction of sp³-hybridized carbons (Fsp3) is 0.576. The normalized spacial score (nSPS) is 27.3. The van der Waals surface area contributed by atoms with Gasteiger partial charge in [0, 0.05) is 54.0 Å². The lowest BCUT2D eigenvalue weighted by molar-refractivity contribution is -0.119. The van der Waals surface area contributed by atoms with Crippen molar-refractivity contribution in [1.29, 1.82) is 0 Å². The van der Waals surface area contributed by atoms with E-state index in [1.165, 1.54) is 12.1 Å². The van der Waals surface area contributed by atoms with Gasteiger partial charge in [-0.15, -0.1) is 0 Å². The molecule has 13 heteroatoms. The van der Waals surface area contributed by atoms with Crippen LogP contribution in [0.1, 0.15) is 63.0 Å². The van der Waals surface area contributed by atoms with Crippen LogP contribution < -0.4 is 16.0 Å². The average Bonchev–Trinajstić information content (AvgIpc) is 3.13. The SMILES string of the molecule is CC(C)C1CC([C@H](c2ccc(Cl)cc2)[C@H](NC(=O)O)C(=O)Nc2cccc(F)c2CCC2CNC3CCCS(=O)(=O)N2C3)CCO1. The van der Waals surface area contributed by atoms with Crippen LogP contribution in [0.15, 0.2) is 42.5 Å². The second-order valence-corrected chi connectivity index (χ2v) is 15.5. The Morgan fingerprint density at radius 3 is 2.65 bits per heavy atom. The minimum Gasteiger partial charge on any atom is -0.465 e. The topological polar surface area (TPSA) is 137 Å². The van der Waals surface area contributed by atoms with Crippen LogP contribution >= 0.6 is 11.6 Å². The number of halogens is 2. The van der Waals surface area contributed by atoms with E-state index in [0.717, 1.165) is 12.0 Å². The molecule has 3 fully saturated rings. The van der Waals surface area contributed by atoms with Crippen molar-refractivity contribution in [3.05, 3.63) is 64.4 Å². The van der Waals surface area contributed by atoms with E-state index in [-0.39, 0.29) is 53.4 Å². The number of fused-ring (bicyclic) bond motifs is 2. The first-order chi connectivity index (χ1) is 21.9. The molecule has 3 saturated heterocycles. The van der Waals surface area contributed by atoms with Crippen LogP contribution in [0.2, 0.25) is 5.02 Å². The Hall–Kier alpha value is -2.77. The van der Waals surface area contributed by atoms with Gasteiger partial charge in [-0.25, -0.2) is 17.6 Å². The van der Waals surface area contributed by atoms with Crippen molar-refractivity contribution in [2.24, 2.45) is 11.8 Å². The van der Waals surface area contributed by atoms with Crippen LogP contribution in [0.25, 0.3) is 0 Å². The number of sulfonamides is 1. The third-order valence-corrected chi connectivity index (χ3v) is 11.9. The first kappa shape index (κ1) is 34.6. The minimum atomic E-state index is -3.42. The Bertz CT molecular complexity index is 1490. The molecule has 10 nitrogen and oxygen atoms in total. The first-order valence-corrected chi connectivity index (χ1v) is 18.1. The number of hydrogen-bond donors (Lipinski definition) is 4. The maximum Gasteiger partial charge on any atom is 0.405 e. The van der Waals surface area contributed by atoms with E-state index in [9.17, 15) is 23.1 Å². The van der Waals surface area contributed by atoms with Gasteiger partial charge in [0.2, 0.25) is 15.9 Å². The monoisotopic (exact) mass is 678 g/mol. The molecule has 3 aliphatic heterocycles. The summed E-state index contributed by atoms with van der Waals surface area (Å²) in [6.07, 6.45) is 1.79. The van der Waals surface area contributed by atoms with Crippen LogP contribution in [0.3, 0.4) is 0 Å². The quantitative estimate of drug-likeness (QED) is 0.278. The van der Waals surface area contributed by atoms with Gasteiger partial charge in [-0.1, -0.05) is 43.6 Å². The Balaban J connectivity index is 1.41. The fourth-order valence-corrected chi connectivity index (χ4v) is 9.15. The molecule has 0 radical (unpaired) electrons. The molecule has 0 saturated carbocycles. The van der Waals surface area contributed by atoms with Crippen LogP contribution in [0, 0.1) is 17.7 Å². The zero-order valence-corrected chi connectivity index (χ0v) is 27.8. The van der Waals surface area contributed by atoms with Gasteiger partial charge in [0.1, 0.15) is 11.9 Å². The van der Waals surface area contributed by atoms with E-state index < -0.39 is 39.8 Å². The van der Waals surface area contributed by atoms with E-state index in [0.29, 0.717) is 50.4 Å². The molecule has 3 heterocycles. The molecule has 4 N–H and O–H groups in total. The fourth-order valence-electron chi connectivity index (χ4n) is 7.22. The largest absolute Gasteiger partial charge is 0.465 e. The van der Waals surface area contributed by atoms with Crippen LogP contribution in [0.4, 0.5) is 14.9 Å². The van der Waals surface area contributed by atoms with Crippen LogP contribution in [-0.4, -0.2) is 79.5 Å². The summed E-state index contributed by atoms with van der Waals surface area (Å²) in [5.74, 6) is -1.45. The standard InChI is InChI=1S/C33H44ClFN4O6S/c1-20(2)29-17-22(14-15-45-29)30(21-8-10-23(34)11-9-21)31(38-33(41)42)32(40)37-28-7-3-6-27(35)26(28)13-12-25-18-36-24-5-4-16-46(43,44)39(25)19-24/h3,6-11,20,22,24-25,29-31,36,38H,4-5,12-19H2,1-2H3,(H,37,40)(H,41,42)/t22?,24?,25?,29?,30-,31-/m0/s1. The van der Waals surface area contributed by atoms with Gasteiger partial charge in [-0.3, -0.25) is 4.79 Å². The van der Waals surface area contributed by atoms with Crippen molar-refractivity contribution < 1.29 is 32.2 Å². The summed E-state index contributed by atoms with van der Waals surface area (Å²) in [6.45, 7) is 5.48. The predicted octanol–water partition coefficient (Wildman–Crippen LogP) is 4.99. The lowest BCUT2D eigenvalue weighted by Crippen LogP contribution is -2.57. The molecule has 46 heavy (non-hydrogen) atoms. The molecule has 0 spiro atoms. The summed E-state index contributed by atoms with van der Waals surface area (Å²) in [6, 6.07) is 10.00. The predicted molar refractivity (Wildman–Crippen MR) is 175 cm³/mol. The second-order valence-electron chi connectivity index (χ2n) is 13.0. The van der Waals surface area contributed by atoms with E-state index in [4.69, 9.17) is 16.3 Å². The average molecular weight is 679 g/mol. The Morgan fingerprint density at radius 2 is 1.93 bits per heavy atom. The van der Waals surface area contributed by atoms with Gasteiger partial charge in [0.15, 0.2) is 0 Å². The van der Waals surface area contributed by atoms with E-state index in [1.54, 1.807) is 22.5 Å². The van der Waals surface area contributed by atoms with Crippen molar-refractivity contribution >= 4 is 39.3 Å². The van der Waals surface area contributed by atoms with Gasteiger partial charge in [0.25, 0.3) is 0 Å². The first-order valence-electron chi connectivity index (χ1n) is 16.1. The summed E-state index contributed by atoms with van der Waals surface area (Å²) in [5.41, 5.74) is 1.23. The van der Waals surface area contributed by atoms with Gasteiger partial charge in [0.05, 0.1) is 11.9 Å². The Labute approximate surface area is 275 Å². The third-order valence-electron chi connectivity index (χ3n) is 9.65. The number of carboxylic acid groups (broad SMARTS) is 1. The zero-order valence-electron chi connectivity index (χ0n) is 26.3. The van der Waals surface area contributed by atoms with Gasteiger partial charge in [-0.2, -0.15) is 4.31 Å². The number of carbonyl (C=O) groups is 2. The number of amides is 2.